The average molecular weight is 509 g/mol. The molecule has 0 unspecified atom stereocenters. The van der Waals surface area contributed by atoms with Gasteiger partial charge >= 0.3 is 12.1 Å². The summed E-state index contributed by atoms with van der Waals surface area (Å²) in [6.45, 7) is 0.0232. The highest BCUT2D eigenvalue weighted by Crippen LogP contribution is 2.10. The Kier molecular flexibility index (Phi) is 10.2. The summed E-state index contributed by atoms with van der Waals surface area (Å²) in [5.41, 5.74) is 1.56. The summed E-state index contributed by atoms with van der Waals surface area (Å²) in [4.78, 5) is 37.9. The van der Waals surface area contributed by atoms with Gasteiger partial charge < -0.3 is 20.5 Å². The van der Waals surface area contributed by atoms with Gasteiger partial charge in [0.05, 0.1) is 10.8 Å². The van der Waals surface area contributed by atoms with E-state index in [1.807, 2.05) is 24.3 Å². The zero-order valence-electron chi connectivity index (χ0n) is 19.5. The number of rotatable bonds is 12. The van der Waals surface area contributed by atoms with Crippen molar-refractivity contribution in [2.45, 2.75) is 36.4 Å². The Morgan fingerprint density at radius 3 is 1.92 bits per heavy atom. The number of carboxylic acids is 1. The Hall–Kier alpha value is -3.98. The molecule has 3 N–H and O–H groups in total. The maximum atomic E-state index is 13.1. The normalized spacial score (nSPS) is 13.1. The molecule has 2 amide bonds. The van der Waals surface area contributed by atoms with Gasteiger partial charge in [-0.1, -0.05) is 78.9 Å². The fraction of sp³-hybridized carbons (Fsp3) is 0.222. The standard InChI is InChI=1S/C27H28N2O6S/c30-25(28-23(26(31)32)16-17-36(34)22-14-8-3-9-15-22)24(18-20-10-4-1-5-11-20)29-27(33)35-19-21-12-6-2-7-13-21/h1-15,23-24H,16-19H2,(H,28,30)(H,29,33)(H,31,32)/t23-,24+,36+/m1/s1. The molecule has 36 heavy (non-hydrogen) atoms. The van der Waals surface area contributed by atoms with Crippen molar-refractivity contribution in [2.75, 3.05) is 5.75 Å². The van der Waals surface area contributed by atoms with Gasteiger partial charge in [0.2, 0.25) is 5.91 Å². The summed E-state index contributed by atoms with van der Waals surface area (Å²) >= 11 is 0. The maximum absolute atomic E-state index is 13.1. The summed E-state index contributed by atoms with van der Waals surface area (Å²) in [5, 5.41) is 14.7. The third-order valence-corrected chi connectivity index (χ3v) is 6.72. The molecule has 0 aliphatic heterocycles. The molecule has 0 saturated carbocycles. The van der Waals surface area contributed by atoms with Crippen LogP contribution in [-0.2, 0) is 38.2 Å². The highest BCUT2D eigenvalue weighted by atomic mass is 32.2. The molecule has 0 fully saturated rings. The topological polar surface area (TPSA) is 122 Å². The van der Waals surface area contributed by atoms with Gasteiger partial charge in [0.15, 0.2) is 0 Å². The van der Waals surface area contributed by atoms with Gasteiger partial charge in [0.1, 0.15) is 18.7 Å². The van der Waals surface area contributed by atoms with Crippen LogP contribution in [0.3, 0.4) is 0 Å². The molecule has 3 atom stereocenters. The summed E-state index contributed by atoms with van der Waals surface area (Å²) in [7, 11) is -1.41. The Bertz CT molecular complexity index is 1160. The lowest BCUT2D eigenvalue weighted by Gasteiger charge is -2.21. The van der Waals surface area contributed by atoms with Crippen LogP contribution in [0, 0.1) is 0 Å². The molecule has 9 heteroatoms. The first-order chi connectivity index (χ1) is 17.4. The van der Waals surface area contributed by atoms with E-state index in [1.165, 1.54) is 0 Å². The molecule has 0 aromatic heterocycles. The molecule has 3 aromatic rings. The molecule has 0 saturated heterocycles. The zero-order valence-corrected chi connectivity index (χ0v) is 20.4. The van der Waals surface area contributed by atoms with Gasteiger partial charge in [-0.2, -0.15) is 0 Å². The van der Waals surface area contributed by atoms with E-state index in [-0.39, 0.29) is 25.2 Å². The third-order valence-electron chi connectivity index (χ3n) is 5.32. The lowest BCUT2D eigenvalue weighted by atomic mass is 10.0. The molecule has 0 radical (unpaired) electrons. The first kappa shape index (κ1) is 26.6. The van der Waals surface area contributed by atoms with Gasteiger partial charge in [0.25, 0.3) is 0 Å². The Morgan fingerprint density at radius 1 is 0.778 bits per heavy atom. The number of benzene rings is 3. The summed E-state index contributed by atoms with van der Waals surface area (Å²) in [5.74, 6) is -1.87. The molecular formula is C27H28N2O6S. The van der Waals surface area contributed by atoms with Crippen LogP contribution >= 0.6 is 0 Å². The predicted octanol–water partition coefficient (Wildman–Crippen LogP) is 3.29. The molecular weight excluding hydrogens is 480 g/mol. The van der Waals surface area contributed by atoms with Crippen LogP contribution < -0.4 is 10.6 Å². The van der Waals surface area contributed by atoms with E-state index in [0.717, 1.165) is 11.1 Å². The number of ether oxygens (including phenoxy) is 1. The van der Waals surface area contributed by atoms with Crippen LogP contribution in [0.4, 0.5) is 4.79 Å². The summed E-state index contributed by atoms with van der Waals surface area (Å²) < 4.78 is 17.7. The second-order valence-electron chi connectivity index (χ2n) is 8.00. The minimum atomic E-state index is -1.41. The fourth-order valence-electron chi connectivity index (χ4n) is 3.41. The van der Waals surface area contributed by atoms with E-state index in [9.17, 15) is 23.7 Å². The van der Waals surface area contributed by atoms with E-state index in [0.29, 0.717) is 4.90 Å². The Morgan fingerprint density at radius 2 is 1.33 bits per heavy atom. The third kappa shape index (κ3) is 8.66. The van der Waals surface area contributed by atoms with Crippen LogP contribution in [0.2, 0.25) is 0 Å². The molecule has 0 bridgehead atoms. The number of alkyl carbamates (subject to hydrolysis) is 1. The van der Waals surface area contributed by atoms with Gasteiger partial charge in [-0.3, -0.25) is 9.00 Å². The molecule has 3 aromatic carbocycles. The van der Waals surface area contributed by atoms with Crippen molar-refractivity contribution >= 4 is 28.8 Å². The van der Waals surface area contributed by atoms with Crippen molar-refractivity contribution < 1.29 is 28.4 Å². The monoisotopic (exact) mass is 508 g/mol. The van der Waals surface area contributed by atoms with Crippen LogP contribution in [0.25, 0.3) is 0 Å². The lowest BCUT2D eigenvalue weighted by molar-refractivity contribution is -0.142. The second kappa shape index (κ2) is 13.8. The average Bonchev–Trinajstić information content (AvgIpc) is 2.90. The van der Waals surface area contributed by atoms with Gasteiger partial charge in [0, 0.05) is 17.1 Å². The van der Waals surface area contributed by atoms with E-state index in [2.05, 4.69) is 10.6 Å². The van der Waals surface area contributed by atoms with E-state index >= 15 is 0 Å². The minimum Gasteiger partial charge on any atom is -0.480 e. The number of carbonyl (C=O) groups is 3. The highest BCUT2D eigenvalue weighted by molar-refractivity contribution is 7.85. The number of hydrogen-bond acceptors (Lipinski definition) is 5. The predicted molar refractivity (Wildman–Crippen MR) is 136 cm³/mol. The Balaban J connectivity index is 1.64. The van der Waals surface area contributed by atoms with Gasteiger partial charge in [-0.05, 0) is 29.7 Å². The van der Waals surface area contributed by atoms with Crippen LogP contribution in [0.15, 0.2) is 95.9 Å². The molecule has 0 heterocycles. The van der Waals surface area contributed by atoms with Crippen LogP contribution in [-0.4, -0.2) is 45.1 Å². The lowest BCUT2D eigenvalue weighted by Crippen LogP contribution is -2.52. The number of nitrogens with one attached hydrogen (secondary N) is 2. The quantitative estimate of drug-likeness (QED) is 0.345. The van der Waals surface area contributed by atoms with Crippen molar-refractivity contribution in [2.24, 2.45) is 0 Å². The zero-order chi connectivity index (χ0) is 25.8. The first-order valence-electron chi connectivity index (χ1n) is 11.4. The van der Waals surface area contributed by atoms with Gasteiger partial charge in [-0.15, -0.1) is 0 Å². The Labute approximate surface area is 212 Å². The molecule has 3 rings (SSSR count). The molecule has 0 aliphatic rings. The van der Waals surface area contributed by atoms with E-state index < -0.39 is 40.9 Å². The second-order valence-corrected chi connectivity index (χ2v) is 9.57. The van der Waals surface area contributed by atoms with E-state index in [1.54, 1.807) is 66.7 Å². The number of aliphatic carboxylic acids is 1. The molecule has 0 aliphatic carbocycles. The minimum absolute atomic E-state index is 0.0232. The first-order valence-corrected chi connectivity index (χ1v) is 12.7. The highest BCUT2D eigenvalue weighted by Gasteiger charge is 2.27. The smallest absolute Gasteiger partial charge is 0.408 e. The van der Waals surface area contributed by atoms with Crippen molar-refractivity contribution in [1.82, 2.24) is 10.6 Å². The fourth-order valence-corrected chi connectivity index (χ4v) is 4.56. The van der Waals surface area contributed by atoms with Crippen molar-refractivity contribution in [3.8, 4) is 0 Å². The summed E-state index contributed by atoms with van der Waals surface area (Å²) in [6.07, 6.45) is -0.707. The number of carboxylic acid groups (broad SMARTS) is 1. The SMILES string of the molecule is O=C(N[C@@H](Cc1ccccc1)C(=O)N[C@H](CC[S@](=O)c1ccccc1)C(=O)O)OCc1ccccc1. The van der Waals surface area contributed by atoms with Crippen molar-refractivity contribution in [1.29, 1.82) is 0 Å². The van der Waals surface area contributed by atoms with Crippen molar-refractivity contribution in [3.05, 3.63) is 102 Å². The van der Waals surface area contributed by atoms with E-state index in [4.69, 9.17) is 4.74 Å². The van der Waals surface area contributed by atoms with Crippen LogP contribution in [0.5, 0.6) is 0 Å². The number of amides is 2. The molecule has 8 nitrogen and oxygen atoms in total. The largest absolute Gasteiger partial charge is 0.480 e. The number of hydrogen-bond donors (Lipinski definition) is 3. The van der Waals surface area contributed by atoms with Crippen molar-refractivity contribution in [3.63, 3.8) is 0 Å². The molecule has 0 spiro atoms. The van der Waals surface area contributed by atoms with Gasteiger partial charge in [-0.25, -0.2) is 9.59 Å². The molecule has 188 valence electrons. The maximum Gasteiger partial charge on any atom is 0.408 e. The summed E-state index contributed by atoms with van der Waals surface area (Å²) in [6, 6.07) is 24.5. The number of carbonyl (C=O) groups excluding carboxylic acids is 2. The van der Waals surface area contributed by atoms with Crippen LogP contribution in [0.1, 0.15) is 17.5 Å².